The summed E-state index contributed by atoms with van der Waals surface area (Å²) in [5.41, 5.74) is 1.03. The Kier molecular flexibility index (Phi) is 4.37. The molecule has 1 amide bonds. The van der Waals surface area contributed by atoms with Gasteiger partial charge in [0.2, 0.25) is 5.91 Å². The summed E-state index contributed by atoms with van der Waals surface area (Å²) in [5, 5.41) is 11.9. The van der Waals surface area contributed by atoms with Crippen molar-refractivity contribution in [1.82, 2.24) is 10.3 Å². The molecule has 1 atom stereocenters. The molecule has 1 heterocycles. The lowest BCUT2D eigenvalue weighted by molar-refractivity contribution is -0.127. The molecule has 0 saturated heterocycles. The van der Waals surface area contributed by atoms with Crippen molar-refractivity contribution in [3.05, 3.63) is 24.0 Å². The number of aliphatic hydroxyl groups excluding tert-OH is 1. The van der Waals surface area contributed by atoms with E-state index >= 15 is 0 Å². The molecule has 0 spiro atoms. The quantitative estimate of drug-likeness (QED) is 0.676. The van der Waals surface area contributed by atoms with Gasteiger partial charge in [0.15, 0.2) is 0 Å². The maximum Gasteiger partial charge on any atom is 0.225 e. The zero-order chi connectivity index (χ0) is 11.3. The van der Waals surface area contributed by atoms with Crippen LogP contribution >= 0.6 is 0 Å². The van der Waals surface area contributed by atoms with Gasteiger partial charge in [-0.1, -0.05) is 13.8 Å². The van der Waals surface area contributed by atoms with Crippen molar-refractivity contribution in [2.45, 2.75) is 20.4 Å². The number of nitrogens with one attached hydrogen (secondary N) is 2. The van der Waals surface area contributed by atoms with Crippen molar-refractivity contribution in [3.63, 3.8) is 0 Å². The first-order valence-corrected chi connectivity index (χ1v) is 5.15. The normalized spacial score (nSPS) is 12.8. The number of hydrogen-bond donors (Lipinski definition) is 3. The number of H-pyrrole nitrogens is 1. The Morgan fingerprint density at radius 1 is 1.60 bits per heavy atom. The summed E-state index contributed by atoms with van der Waals surface area (Å²) in [6, 6.07) is 1.91. The number of rotatable bonds is 5. The van der Waals surface area contributed by atoms with Crippen LogP contribution in [0.3, 0.4) is 0 Å². The zero-order valence-corrected chi connectivity index (χ0v) is 9.16. The number of aromatic nitrogens is 1. The number of aromatic amines is 1. The predicted molar refractivity (Wildman–Crippen MR) is 58.1 cm³/mol. The van der Waals surface area contributed by atoms with E-state index in [-0.39, 0.29) is 24.3 Å². The average molecular weight is 210 g/mol. The van der Waals surface area contributed by atoms with Gasteiger partial charge in [0.05, 0.1) is 12.5 Å². The Bertz CT molecular complexity index is 294. The fourth-order valence-corrected chi connectivity index (χ4v) is 1.39. The van der Waals surface area contributed by atoms with Crippen LogP contribution in [0, 0.1) is 11.8 Å². The van der Waals surface area contributed by atoms with Gasteiger partial charge in [0.1, 0.15) is 0 Å². The fraction of sp³-hybridized carbons (Fsp3) is 0.545. The molecule has 0 aliphatic rings. The van der Waals surface area contributed by atoms with E-state index in [0.29, 0.717) is 6.54 Å². The summed E-state index contributed by atoms with van der Waals surface area (Å²) in [6.45, 7) is 4.26. The van der Waals surface area contributed by atoms with E-state index in [2.05, 4.69) is 10.3 Å². The van der Waals surface area contributed by atoms with Crippen LogP contribution in [0.4, 0.5) is 0 Å². The summed E-state index contributed by atoms with van der Waals surface area (Å²) in [5.74, 6) is -0.251. The summed E-state index contributed by atoms with van der Waals surface area (Å²) < 4.78 is 0. The first-order chi connectivity index (χ1) is 7.15. The third-order valence-corrected chi connectivity index (χ3v) is 2.47. The molecule has 1 aromatic heterocycles. The molecule has 4 heteroatoms. The van der Waals surface area contributed by atoms with Crippen molar-refractivity contribution < 1.29 is 9.90 Å². The first-order valence-electron chi connectivity index (χ1n) is 5.15. The third kappa shape index (κ3) is 3.40. The first kappa shape index (κ1) is 11.8. The maximum absolute atomic E-state index is 11.6. The Balaban J connectivity index is 2.41. The molecule has 0 aliphatic heterocycles. The summed E-state index contributed by atoms with van der Waals surface area (Å²) in [6.07, 6.45) is 3.65. The molecule has 3 N–H and O–H groups in total. The molecule has 15 heavy (non-hydrogen) atoms. The Morgan fingerprint density at radius 2 is 2.33 bits per heavy atom. The Labute approximate surface area is 89.7 Å². The van der Waals surface area contributed by atoms with E-state index in [9.17, 15) is 4.79 Å². The Morgan fingerprint density at radius 3 is 2.80 bits per heavy atom. The van der Waals surface area contributed by atoms with Gasteiger partial charge in [-0.15, -0.1) is 0 Å². The second kappa shape index (κ2) is 5.56. The van der Waals surface area contributed by atoms with Crippen LogP contribution in [-0.4, -0.2) is 22.6 Å². The van der Waals surface area contributed by atoms with E-state index in [4.69, 9.17) is 5.11 Å². The molecule has 4 nitrogen and oxygen atoms in total. The van der Waals surface area contributed by atoms with Crippen LogP contribution in [0.25, 0.3) is 0 Å². The van der Waals surface area contributed by atoms with E-state index in [0.717, 1.165) is 5.56 Å². The largest absolute Gasteiger partial charge is 0.396 e. The average Bonchev–Trinajstić information content (AvgIpc) is 2.67. The lowest BCUT2D eigenvalue weighted by atomic mass is 9.96. The van der Waals surface area contributed by atoms with E-state index < -0.39 is 0 Å². The molecule has 1 unspecified atom stereocenters. The van der Waals surface area contributed by atoms with Crippen molar-refractivity contribution >= 4 is 5.91 Å². The molecule has 0 bridgehead atoms. The smallest absolute Gasteiger partial charge is 0.225 e. The van der Waals surface area contributed by atoms with E-state index in [1.54, 1.807) is 0 Å². The minimum Gasteiger partial charge on any atom is -0.396 e. The minimum atomic E-state index is -0.316. The van der Waals surface area contributed by atoms with Crippen LogP contribution in [-0.2, 0) is 11.3 Å². The molecule has 1 aromatic rings. The number of aliphatic hydroxyl groups is 1. The monoisotopic (exact) mass is 210 g/mol. The number of carbonyl (C=O) groups is 1. The van der Waals surface area contributed by atoms with Gasteiger partial charge in [-0.05, 0) is 17.5 Å². The predicted octanol–water partition coefficient (Wildman–Crippen LogP) is 0.895. The van der Waals surface area contributed by atoms with Crippen LogP contribution < -0.4 is 5.32 Å². The molecule has 0 radical (unpaired) electrons. The molecule has 84 valence electrons. The minimum absolute atomic E-state index is 0.0892. The SMILES string of the molecule is CC(C)C(CO)C(=O)NCc1cc[nH]c1. The second-order valence-corrected chi connectivity index (χ2v) is 3.97. The standard InChI is InChI=1S/C11H18N2O2/c1-8(2)10(7-14)11(15)13-6-9-3-4-12-5-9/h3-5,8,10,12,14H,6-7H2,1-2H3,(H,13,15). The van der Waals surface area contributed by atoms with E-state index in [1.807, 2.05) is 32.3 Å². The highest BCUT2D eigenvalue weighted by molar-refractivity contribution is 5.78. The number of amides is 1. The van der Waals surface area contributed by atoms with Crippen molar-refractivity contribution in [1.29, 1.82) is 0 Å². The van der Waals surface area contributed by atoms with Crippen LogP contribution in [0.5, 0.6) is 0 Å². The van der Waals surface area contributed by atoms with Gasteiger partial charge in [0, 0.05) is 18.9 Å². The molecule has 0 aromatic carbocycles. The van der Waals surface area contributed by atoms with Crippen molar-refractivity contribution in [3.8, 4) is 0 Å². The Hall–Kier alpha value is -1.29. The van der Waals surface area contributed by atoms with Gasteiger partial charge < -0.3 is 15.4 Å². The highest BCUT2D eigenvalue weighted by Gasteiger charge is 2.20. The second-order valence-electron chi connectivity index (χ2n) is 3.97. The van der Waals surface area contributed by atoms with Crippen molar-refractivity contribution in [2.75, 3.05) is 6.61 Å². The zero-order valence-electron chi connectivity index (χ0n) is 9.16. The maximum atomic E-state index is 11.6. The molecule has 1 rings (SSSR count). The van der Waals surface area contributed by atoms with Crippen LogP contribution in [0.15, 0.2) is 18.5 Å². The summed E-state index contributed by atoms with van der Waals surface area (Å²) >= 11 is 0. The number of hydrogen-bond acceptors (Lipinski definition) is 2. The number of carbonyl (C=O) groups excluding carboxylic acids is 1. The lowest BCUT2D eigenvalue weighted by Crippen LogP contribution is -2.35. The highest BCUT2D eigenvalue weighted by atomic mass is 16.3. The summed E-state index contributed by atoms with van der Waals surface area (Å²) in [4.78, 5) is 14.5. The third-order valence-electron chi connectivity index (χ3n) is 2.47. The van der Waals surface area contributed by atoms with Gasteiger partial charge in [0.25, 0.3) is 0 Å². The fourth-order valence-electron chi connectivity index (χ4n) is 1.39. The highest BCUT2D eigenvalue weighted by Crippen LogP contribution is 2.10. The van der Waals surface area contributed by atoms with E-state index in [1.165, 1.54) is 0 Å². The van der Waals surface area contributed by atoms with Gasteiger partial charge in [-0.25, -0.2) is 0 Å². The van der Waals surface area contributed by atoms with Crippen molar-refractivity contribution in [2.24, 2.45) is 11.8 Å². The lowest BCUT2D eigenvalue weighted by Gasteiger charge is -2.17. The molecular weight excluding hydrogens is 192 g/mol. The van der Waals surface area contributed by atoms with Gasteiger partial charge in [-0.3, -0.25) is 4.79 Å². The van der Waals surface area contributed by atoms with Crippen LogP contribution in [0.1, 0.15) is 19.4 Å². The topological polar surface area (TPSA) is 65.1 Å². The van der Waals surface area contributed by atoms with Gasteiger partial charge in [-0.2, -0.15) is 0 Å². The molecular formula is C11H18N2O2. The van der Waals surface area contributed by atoms with Gasteiger partial charge >= 0.3 is 0 Å². The molecule has 0 fully saturated rings. The summed E-state index contributed by atoms with van der Waals surface area (Å²) in [7, 11) is 0. The molecule has 0 saturated carbocycles. The molecule has 0 aliphatic carbocycles. The van der Waals surface area contributed by atoms with Crippen LogP contribution in [0.2, 0.25) is 0 Å².